The summed E-state index contributed by atoms with van der Waals surface area (Å²) in [6.45, 7) is 8.19. The Morgan fingerprint density at radius 3 is 2.52 bits per heavy atom. The monoisotopic (exact) mass is 317 g/mol. The standard InChI is InChI=1S/C14H27N3O3S/c1-3-12(2)16-5-7-17(8-6-16)14(18)10-13-11-21(19,20)9-4-15-13/h12-13,15H,3-11H2,1-2H3. The summed E-state index contributed by atoms with van der Waals surface area (Å²) in [5.41, 5.74) is 0. The molecule has 2 unspecified atom stereocenters. The van der Waals surface area contributed by atoms with Crippen molar-refractivity contribution in [1.29, 1.82) is 0 Å². The lowest BCUT2D eigenvalue weighted by Gasteiger charge is -2.38. The van der Waals surface area contributed by atoms with E-state index in [0.717, 1.165) is 32.6 Å². The normalized spacial score (nSPS) is 28.3. The molecule has 2 saturated heterocycles. The van der Waals surface area contributed by atoms with Crippen molar-refractivity contribution in [2.24, 2.45) is 0 Å². The van der Waals surface area contributed by atoms with Crippen molar-refractivity contribution in [3.05, 3.63) is 0 Å². The van der Waals surface area contributed by atoms with Crippen LogP contribution in [0.2, 0.25) is 0 Å². The van der Waals surface area contributed by atoms with Crippen LogP contribution in [0.15, 0.2) is 0 Å². The summed E-state index contributed by atoms with van der Waals surface area (Å²) in [6, 6.07) is 0.344. The molecule has 122 valence electrons. The molecule has 2 fully saturated rings. The minimum absolute atomic E-state index is 0.0772. The molecule has 2 aliphatic rings. The highest BCUT2D eigenvalue weighted by Crippen LogP contribution is 2.12. The van der Waals surface area contributed by atoms with E-state index in [-0.39, 0.29) is 23.5 Å². The number of nitrogens with zero attached hydrogens (tertiary/aromatic N) is 2. The molecule has 0 bridgehead atoms. The molecule has 2 heterocycles. The third-order valence-electron chi connectivity index (χ3n) is 4.60. The first kappa shape index (κ1) is 16.7. The number of amides is 1. The number of hydrogen-bond acceptors (Lipinski definition) is 5. The fourth-order valence-electron chi connectivity index (χ4n) is 3.01. The van der Waals surface area contributed by atoms with Gasteiger partial charge in [-0.2, -0.15) is 0 Å². The molecule has 2 aliphatic heterocycles. The Labute approximate surface area is 127 Å². The number of sulfone groups is 1. The van der Waals surface area contributed by atoms with Gasteiger partial charge in [0.2, 0.25) is 5.91 Å². The fourth-order valence-corrected chi connectivity index (χ4v) is 4.45. The number of nitrogens with one attached hydrogen (secondary N) is 1. The Bertz CT molecular complexity index is 458. The molecule has 6 nitrogen and oxygen atoms in total. The molecular weight excluding hydrogens is 290 g/mol. The van der Waals surface area contributed by atoms with E-state index in [4.69, 9.17) is 0 Å². The van der Waals surface area contributed by atoms with Crippen LogP contribution in [0.25, 0.3) is 0 Å². The number of carbonyl (C=O) groups is 1. The highest BCUT2D eigenvalue weighted by molar-refractivity contribution is 7.91. The summed E-state index contributed by atoms with van der Waals surface area (Å²) < 4.78 is 23.2. The maximum Gasteiger partial charge on any atom is 0.224 e. The SMILES string of the molecule is CCC(C)N1CCN(C(=O)CC2CS(=O)(=O)CCN2)CC1. The lowest BCUT2D eigenvalue weighted by Crippen LogP contribution is -2.53. The van der Waals surface area contributed by atoms with Crippen molar-refractivity contribution in [3.63, 3.8) is 0 Å². The van der Waals surface area contributed by atoms with Crippen molar-refractivity contribution in [3.8, 4) is 0 Å². The largest absolute Gasteiger partial charge is 0.340 e. The topological polar surface area (TPSA) is 69.7 Å². The summed E-state index contributed by atoms with van der Waals surface area (Å²) in [4.78, 5) is 16.6. The van der Waals surface area contributed by atoms with Gasteiger partial charge in [0.15, 0.2) is 9.84 Å². The molecule has 0 saturated carbocycles. The van der Waals surface area contributed by atoms with E-state index in [1.54, 1.807) is 0 Å². The Morgan fingerprint density at radius 1 is 1.29 bits per heavy atom. The lowest BCUT2D eigenvalue weighted by molar-refractivity contribution is -0.133. The van der Waals surface area contributed by atoms with E-state index in [9.17, 15) is 13.2 Å². The molecular formula is C14H27N3O3S. The summed E-state index contributed by atoms with van der Waals surface area (Å²) in [6.07, 6.45) is 1.42. The van der Waals surface area contributed by atoms with E-state index in [1.165, 1.54) is 0 Å². The third-order valence-corrected chi connectivity index (χ3v) is 6.34. The zero-order valence-corrected chi connectivity index (χ0v) is 13.9. The Morgan fingerprint density at radius 2 is 1.95 bits per heavy atom. The van der Waals surface area contributed by atoms with Crippen LogP contribution in [0, 0.1) is 0 Å². The van der Waals surface area contributed by atoms with E-state index >= 15 is 0 Å². The molecule has 0 spiro atoms. The van der Waals surface area contributed by atoms with Gasteiger partial charge in [-0.15, -0.1) is 0 Å². The van der Waals surface area contributed by atoms with Crippen molar-refractivity contribution < 1.29 is 13.2 Å². The summed E-state index contributed by atoms with van der Waals surface area (Å²) >= 11 is 0. The molecule has 0 aliphatic carbocycles. The number of carbonyl (C=O) groups excluding carboxylic acids is 1. The first-order valence-electron chi connectivity index (χ1n) is 7.87. The van der Waals surface area contributed by atoms with Gasteiger partial charge in [-0.3, -0.25) is 9.69 Å². The lowest BCUT2D eigenvalue weighted by atomic mass is 10.1. The van der Waals surface area contributed by atoms with Crippen LogP contribution in [0.1, 0.15) is 26.7 Å². The molecule has 21 heavy (non-hydrogen) atoms. The van der Waals surface area contributed by atoms with Crippen LogP contribution >= 0.6 is 0 Å². The van der Waals surface area contributed by atoms with Crippen LogP contribution in [-0.4, -0.2) is 80.4 Å². The van der Waals surface area contributed by atoms with Gasteiger partial charge in [-0.25, -0.2) is 8.42 Å². The van der Waals surface area contributed by atoms with Gasteiger partial charge in [0, 0.05) is 51.2 Å². The molecule has 0 aromatic carbocycles. The number of piperazine rings is 1. The fraction of sp³-hybridized carbons (Fsp3) is 0.929. The Kier molecular flexibility index (Phi) is 5.62. The zero-order chi connectivity index (χ0) is 15.5. The van der Waals surface area contributed by atoms with Crippen LogP contribution < -0.4 is 5.32 Å². The van der Waals surface area contributed by atoms with Gasteiger partial charge >= 0.3 is 0 Å². The average molecular weight is 317 g/mol. The first-order valence-corrected chi connectivity index (χ1v) is 9.69. The predicted octanol–water partition coefficient (Wildman–Crippen LogP) is -0.294. The van der Waals surface area contributed by atoms with Gasteiger partial charge in [0.1, 0.15) is 0 Å². The summed E-state index contributed by atoms with van der Waals surface area (Å²) in [5.74, 6) is 0.352. The predicted molar refractivity (Wildman–Crippen MR) is 83.0 cm³/mol. The Balaban J connectivity index is 1.80. The first-order chi connectivity index (χ1) is 9.91. The van der Waals surface area contributed by atoms with Crippen molar-refractivity contribution >= 4 is 15.7 Å². The second kappa shape index (κ2) is 7.07. The van der Waals surface area contributed by atoms with Crippen LogP contribution in [0.5, 0.6) is 0 Å². The molecule has 0 aromatic rings. The van der Waals surface area contributed by atoms with Crippen molar-refractivity contribution in [2.45, 2.75) is 38.8 Å². The van der Waals surface area contributed by atoms with E-state index in [1.807, 2.05) is 4.90 Å². The smallest absolute Gasteiger partial charge is 0.224 e. The van der Waals surface area contributed by atoms with Gasteiger partial charge in [-0.05, 0) is 13.3 Å². The summed E-state index contributed by atoms with van der Waals surface area (Å²) in [5, 5.41) is 3.14. The van der Waals surface area contributed by atoms with Crippen LogP contribution in [0.4, 0.5) is 0 Å². The van der Waals surface area contributed by atoms with Gasteiger partial charge < -0.3 is 10.2 Å². The number of hydrogen-bond donors (Lipinski definition) is 1. The molecule has 2 atom stereocenters. The average Bonchev–Trinajstić information content (AvgIpc) is 2.45. The van der Waals surface area contributed by atoms with Gasteiger partial charge in [0.25, 0.3) is 0 Å². The molecule has 0 aromatic heterocycles. The van der Waals surface area contributed by atoms with Crippen LogP contribution in [-0.2, 0) is 14.6 Å². The van der Waals surface area contributed by atoms with Crippen molar-refractivity contribution in [2.75, 3.05) is 44.2 Å². The second-order valence-electron chi connectivity index (χ2n) is 6.14. The van der Waals surface area contributed by atoms with Crippen molar-refractivity contribution in [1.82, 2.24) is 15.1 Å². The minimum atomic E-state index is -2.97. The van der Waals surface area contributed by atoms with Crippen LogP contribution in [0.3, 0.4) is 0 Å². The quantitative estimate of drug-likeness (QED) is 0.771. The molecule has 1 amide bonds. The maximum absolute atomic E-state index is 12.3. The van der Waals surface area contributed by atoms with E-state index in [2.05, 4.69) is 24.1 Å². The second-order valence-corrected chi connectivity index (χ2v) is 8.37. The molecule has 1 N–H and O–H groups in total. The zero-order valence-electron chi connectivity index (χ0n) is 13.0. The van der Waals surface area contributed by atoms with E-state index in [0.29, 0.717) is 19.0 Å². The Hall–Kier alpha value is -0.660. The summed E-state index contributed by atoms with van der Waals surface area (Å²) in [7, 11) is -2.97. The highest BCUT2D eigenvalue weighted by Gasteiger charge is 2.29. The maximum atomic E-state index is 12.3. The van der Waals surface area contributed by atoms with E-state index < -0.39 is 9.84 Å². The molecule has 7 heteroatoms. The van der Waals surface area contributed by atoms with Gasteiger partial charge in [-0.1, -0.05) is 6.92 Å². The molecule has 2 rings (SSSR count). The number of rotatable bonds is 4. The molecule has 0 radical (unpaired) electrons. The highest BCUT2D eigenvalue weighted by atomic mass is 32.2. The minimum Gasteiger partial charge on any atom is -0.340 e. The van der Waals surface area contributed by atoms with Gasteiger partial charge in [0.05, 0.1) is 11.5 Å². The third kappa shape index (κ3) is 4.66.